The van der Waals surface area contributed by atoms with Gasteiger partial charge in [-0.25, -0.2) is 4.98 Å². The molecule has 4 nitrogen and oxygen atoms in total. The van der Waals surface area contributed by atoms with Crippen LogP contribution in [0, 0.1) is 0 Å². The summed E-state index contributed by atoms with van der Waals surface area (Å²) in [6, 6.07) is 9.75. The average molecular weight is 344 g/mol. The molecule has 1 heterocycles. The Morgan fingerprint density at radius 3 is 2.82 bits per heavy atom. The van der Waals surface area contributed by atoms with Crippen LogP contribution in [-0.4, -0.2) is 16.7 Å². The zero-order valence-electron chi connectivity index (χ0n) is 11.2. The van der Waals surface area contributed by atoms with E-state index in [-0.39, 0.29) is 5.75 Å². The average Bonchev–Trinajstić information content (AvgIpc) is 2.47. The predicted octanol–water partition coefficient (Wildman–Crippen LogP) is 3.82. The largest absolute Gasteiger partial charge is 0.435 e. The fourth-order valence-corrected chi connectivity index (χ4v) is 1.91. The summed E-state index contributed by atoms with van der Waals surface area (Å²) in [5.41, 5.74) is 0.756. The second-order valence-electron chi connectivity index (χ2n) is 4.20. The summed E-state index contributed by atoms with van der Waals surface area (Å²) in [6.45, 7) is -2.48. The van der Waals surface area contributed by atoms with E-state index < -0.39 is 6.61 Å². The number of pyridine rings is 1. The van der Waals surface area contributed by atoms with Crippen molar-refractivity contribution in [3.05, 3.63) is 53.2 Å². The number of nitrogens with zero attached hydrogens (tertiary/aromatic N) is 1. The first kappa shape index (κ1) is 16.4. The molecule has 2 aromatic rings. The molecule has 0 atom stereocenters. The Balaban J connectivity index is 1.86. The zero-order chi connectivity index (χ0) is 15.9. The fourth-order valence-electron chi connectivity index (χ4n) is 1.62. The lowest BCUT2D eigenvalue weighted by atomic mass is 10.2. The van der Waals surface area contributed by atoms with Gasteiger partial charge in [0, 0.05) is 12.7 Å². The van der Waals surface area contributed by atoms with E-state index in [1.54, 1.807) is 24.3 Å². The second kappa shape index (κ2) is 7.86. The van der Waals surface area contributed by atoms with Gasteiger partial charge in [0.25, 0.3) is 0 Å². The van der Waals surface area contributed by atoms with Crippen molar-refractivity contribution in [1.29, 1.82) is 0 Å². The van der Waals surface area contributed by atoms with Crippen molar-refractivity contribution in [3.63, 3.8) is 0 Å². The molecule has 1 aromatic heterocycles. The number of thiocarbonyl (C=S) groups is 1. The third kappa shape index (κ3) is 5.42. The molecule has 0 fully saturated rings. The first-order chi connectivity index (χ1) is 10.5. The van der Waals surface area contributed by atoms with E-state index in [0.717, 1.165) is 5.56 Å². The van der Waals surface area contributed by atoms with Gasteiger partial charge in [-0.3, -0.25) is 0 Å². The van der Waals surface area contributed by atoms with Crippen molar-refractivity contribution in [3.8, 4) is 5.75 Å². The highest BCUT2D eigenvalue weighted by molar-refractivity contribution is 7.80. The van der Waals surface area contributed by atoms with Crippen molar-refractivity contribution >= 4 is 34.7 Å². The number of aromatic nitrogens is 1. The van der Waals surface area contributed by atoms with E-state index in [1.807, 2.05) is 0 Å². The van der Waals surface area contributed by atoms with E-state index in [4.69, 9.17) is 23.8 Å². The molecule has 0 spiro atoms. The summed E-state index contributed by atoms with van der Waals surface area (Å²) < 4.78 is 28.6. The molecule has 0 aliphatic heterocycles. The first-order valence-corrected chi connectivity index (χ1v) is 7.02. The van der Waals surface area contributed by atoms with Crippen LogP contribution >= 0.6 is 23.8 Å². The highest BCUT2D eigenvalue weighted by atomic mass is 35.5. The minimum Gasteiger partial charge on any atom is -0.435 e. The minimum absolute atomic E-state index is 0.104. The molecule has 2 rings (SSSR count). The van der Waals surface area contributed by atoms with Crippen LogP contribution in [0.2, 0.25) is 5.02 Å². The number of ether oxygens (including phenoxy) is 1. The number of halogens is 3. The van der Waals surface area contributed by atoms with Gasteiger partial charge in [-0.1, -0.05) is 23.7 Å². The Labute approximate surface area is 136 Å². The Bertz CT molecular complexity index is 640. The quantitative estimate of drug-likeness (QED) is 0.808. The van der Waals surface area contributed by atoms with Crippen LogP contribution < -0.4 is 15.4 Å². The molecular formula is C14H12ClF2N3OS. The number of nitrogens with one attached hydrogen (secondary N) is 2. The first-order valence-electron chi connectivity index (χ1n) is 6.23. The third-order valence-electron chi connectivity index (χ3n) is 2.55. The highest BCUT2D eigenvalue weighted by Gasteiger charge is 2.05. The molecule has 0 unspecified atom stereocenters. The van der Waals surface area contributed by atoms with E-state index in [1.165, 1.54) is 18.3 Å². The maximum atomic E-state index is 12.2. The van der Waals surface area contributed by atoms with Crippen LogP contribution in [0.25, 0.3) is 0 Å². The molecule has 0 aliphatic rings. The molecule has 0 saturated carbocycles. The van der Waals surface area contributed by atoms with Gasteiger partial charge in [0.05, 0.1) is 5.02 Å². The molecule has 0 bridgehead atoms. The van der Waals surface area contributed by atoms with E-state index in [2.05, 4.69) is 20.4 Å². The number of anilines is 1. The molecule has 0 radical (unpaired) electrons. The van der Waals surface area contributed by atoms with Gasteiger partial charge in [-0.15, -0.1) is 0 Å². The Morgan fingerprint density at radius 1 is 1.32 bits per heavy atom. The van der Waals surface area contributed by atoms with E-state index >= 15 is 0 Å². The summed E-state index contributed by atoms with van der Waals surface area (Å²) in [6.07, 6.45) is 1.50. The molecule has 1 aromatic carbocycles. The summed E-state index contributed by atoms with van der Waals surface area (Å²) in [7, 11) is 0. The lowest BCUT2D eigenvalue weighted by molar-refractivity contribution is -0.0498. The summed E-state index contributed by atoms with van der Waals surface area (Å²) in [4.78, 5) is 4.05. The highest BCUT2D eigenvalue weighted by Crippen LogP contribution is 2.16. The van der Waals surface area contributed by atoms with E-state index in [9.17, 15) is 8.78 Å². The molecule has 2 N–H and O–H groups in total. The molecule has 0 saturated heterocycles. The lowest BCUT2D eigenvalue weighted by Gasteiger charge is -2.11. The topological polar surface area (TPSA) is 46.2 Å². The molecular weight excluding hydrogens is 332 g/mol. The van der Waals surface area contributed by atoms with Crippen molar-refractivity contribution in [1.82, 2.24) is 10.3 Å². The Hall–Kier alpha value is -1.99. The number of alkyl halides is 2. The van der Waals surface area contributed by atoms with Gasteiger partial charge < -0.3 is 15.4 Å². The second-order valence-corrected chi connectivity index (χ2v) is 5.04. The molecule has 116 valence electrons. The van der Waals surface area contributed by atoms with Crippen LogP contribution in [0.5, 0.6) is 5.75 Å². The van der Waals surface area contributed by atoms with Crippen LogP contribution in [0.1, 0.15) is 5.56 Å². The van der Waals surface area contributed by atoms with E-state index in [0.29, 0.717) is 22.5 Å². The number of benzene rings is 1. The van der Waals surface area contributed by atoms with Gasteiger partial charge in [0.1, 0.15) is 11.6 Å². The molecule has 0 amide bonds. The van der Waals surface area contributed by atoms with Crippen LogP contribution in [0.15, 0.2) is 42.6 Å². The van der Waals surface area contributed by atoms with Crippen LogP contribution in [0.3, 0.4) is 0 Å². The van der Waals surface area contributed by atoms with Crippen molar-refractivity contribution in [2.45, 2.75) is 13.2 Å². The minimum atomic E-state index is -2.85. The Morgan fingerprint density at radius 2 is 2.14 bits per heavy atom. The third-order valence-corrected chi connectivity index (χ3v) is 3.02. The summed E-state index contributed by atoms with van der Waals surface area (Å²) in [5.74, 6) is 0.657. The fraction of sp³-hybridized carbons (Fsp3) is 0.143. The SMILES string of the molecule is FC(F)Oc1cccc(CNC(=S)Nc2ccc(Cl)cn2)c1. The number of rotatable bonds is 5. The summed E-state index contributed by atoms with van der Waals surface area (Å²) >= 11 is 10.9. The van der Waals surface area contributed by atoms with Gasteiger partial charge >= 0.3 is 6.61 Å². The normalized spacial score (nSPS) is 10.4. The van der Waals surface area contributed by atoms with Gasteiger partial charge in [0.2, 0.25) is 0 Å². The predicted molar refractivity (Wildman–Crippen MR) is 85.4 cm³/mol. The maximum Gasteiger partial charge on any atom is 0.387 e. The lowest BCUT2D eigenvalue weighted by Crippen LogP contribution is -2.28. The number of hydrogen-bond donors (Lipinski definition) is 2. The smallest absolute Gasteiger partial charge is 0.387 e. The van der Waals surface area contributed by atoms with Crippen molar-refractivity contribution < 1.29 is 13.5 Å². The molecule has 8 heteroatoms. The van der Waals surface area contributed by atoms with Crippen molar-refractivity contribution in [2.24, 2.45) is 0 Å². The van der Waals surface area contributed by atoms with Crippen LogP contribution in [0.4, 0.5) is 14.6 Å². The maximum absolute atomic E-state index is 12.2. The molecule has 22 heavy (non-hydrogen) atoms. The van der Waals surface area contributed by atoms with Gasteiger partial charge in [-0.05, 0) is 42.0 Å². The zero-order valence-corrected chi connectivity index (χ0v) is 12.8. The standard InChI is InChI=1S/C14H12ClF2N3OS/c15-10-4-5-12(18-8-10)20-14(22)19-7-9-2-1-3-11(6-9)21-13(16)17/h1-6,8,13H,7H2,(H2,18,19,20,22). The Kier molecular flexibility index (Phi) is 5.85. The van der Waals surface area contributed by atoms with Gasteiger partial charge in [-0.2, -0.15) is 8.78 Å². The number of hydrogen-bond acceptors (Lipinski definition) is 3. The van der Waals surface area contributed by atoms with Crippen molar-refractivity contribution in [2.75, 3.05) is 5.32 Å². The monoisotopic (exact) mass is 343 g/mol. The summed E-state index contributed by atoms with van der Waals surface area (Å²) in [5, 5.41) is 6.72. The van der Waals surface area contributed by atoms with Crippen LogP contribution in [-0.2, 0) is 6.54 Å². The van der Waals surface area contributed by atoms with Gasteiger partial charge in [0.15, 0.2) is 5.11 Å². The molecule has 0 aliphatic carbocycles.